The van der Waals surface area contributed by atoms with Crippen LogP contribution in [0.1, 0.15) is 31.1 Å². The smallest absolute Gasteiger partial charge is 0.258 e. The van der Waals surface area contributed by atoms with Gasteiger partial charge in [0.25, 0.3) is 17.7 Å². The molecule has 0 unspecified atom stereocenters. The minimum atomic E-state index is -0.463. The molecule has 0 N–H and O–H groups in total. The molecule has 12 nitrogen and oxygen atoms in total. The highest BCUT2D eigenvalue weighted by Crippen LogP contribution is 2.39. The van der Waals surface area contributed by atoms with Gasteiger partial charge in [-0.05, 0) is 91.0 Å². The maximum absolute atomic E-state index is 14.6. The van der Waals surface area contributed by atoms with Crippen LogP contribution in [0.4, 0.5) is 17.1 Å². The monoisotopic (exact) mass is 978 g/mol. The van der Waals surface area contributed by atoms with Crippen LogP contribution in [0.25, 0.3) is 99.6 Å². The predicted octanol–water partition coefficient (Wildman–Crippen LogP) is 14.4. The minimum Gasteiger partial charge on any atom is -0.455 e. The van der Waals surface area contributed by atoms with Gasteiger partial charge in [0.1, 0.15) is 33.5 Å². The molecule has 6 heterocycles. The van der Waals surface area contributed by atoms with E-state index in [-0.39, 0.29) is 16.7 Å². The number of pyridine rings is 3. The second kappa shape index (κ2) is 17.8. The number of hydrogen-bond donors (Lipinski definition) is 0. The number of carbonyl (C=O) groups excluding carboxylic acids is 3. The lowest BCUT2D eigenvalue weighted by Crippen LogP contribution is -2.31. The van der Waals surface area contributed by atoms with E-state index in [4.69, 9.17) is 28.2 Å². The van der Waals surface area contributed by atoms with Gasteiger partial charge in [0.2, 0.25) is 0 Å². The van der Waals surface area contributed by atoms with Gasteiger partial charge in [0, 0.05) is 86.8 Å². The van der Waals surface area contributed by atoms with E-state index in [1.807, 2.05) is 146 Å². The molecule has 12 heteroatoms. The van der Waals surface area contributed by atoms with Crippen LogP contribution < -0.4 is 14.7 Å². The molecule has 360 valence electrons. The third-order valence-corrected chi connectivity index (χ3v) is 14.0. The molecule has 7 aromatic carbocycles. The summed E-state index contributed by atoms with van der Waals surface area (Å²) < 4.78 is 18.8. The third-order valence-electron chi connectivity index (χ3n) is 14.0. The van der Waals surface area contributed by atoms with E-state index in [1.54, 1.807) is 57.9 Å². The van der Waals surface area contributed by atoms with E-state index in [2.05, 4.69) is 0 Å². The number of furan rings is 3. The maximum atomic E-state index is 14.6. The van der Waals surface area contributed by atoms with E-state index < -0.39 is 17.7 Å². The molecule has 0 bridgehead atoms. The number of para-hydroxylation sites is 6. The number of carbonyl (C=O) groups is 3. The predicted molar refractivity (Wildman–Crippen MR) is 295 cm³/mol. The van der Waals surface area contributed by atoms with Crippen LogP contribution in [0.3, 0.4) is 0 Å². The lowest BCUT2D eigenvalue weighted by atomic mass is 10.0. The highest BCUT2D eigenvalue weighted by atomic mass is 16.3. The molecule has 75 heavy (non-hydrogen) atoms. The van der Waals surface area contributed by atoms with Gasteiger partial charge in [0.05, 0.1) is 52.7 Å². The summed E-state index contributed by atoms with van der Waals surface area (Å²) in [6.45, 7) is 0. The summed E-state index contributed by atoms with van der Waals surface area (Å²) in [5.41, 5.74) is 10.8. The summed E-state index contributed by atoms with van der Waals surface area (Å²) >= 11 is 0. The van der Waals surface area contributed by atoms with E-state index in [9.17, 15) is 14.4 Å². The summed E-state index contributed by atoms with van der Waals surface area (Å²) in [4.78, 5) is 62.6. The molecule has 0 atom stereocenters. The fraction of sp³-hybridized carbons (Fsp3) is 0.0476. The number of anilines is 3. The van der Waals surface area contributed by atoms with Crippen molar-refractivity contribution >= 4 is 101 Å². The lowest BCUT2D eigenvalue weighted by Gasteiger charge is -2.22. The molecular formula is C63H42N6O6. The standard InChI is InChI=1S/C63H42N6O6/c1-67(40-25-28-52(64-34-40)49-19-10-16-46-43-13-4-7-22-55(43)73-58(46)49)61(70)37-31-38(62(71)68(2)41-26-29-53(65-35-41)50-20-11-17-47-44-14-5-8-23-56(44)74-59(47)50)33-39(32-37)63(72)69(3)42-27-30-54(66-36-42)51-21-12-18-48-45-15-6-9-24-57(45)75-60(48)51/h4-36H,1-3H3. The summed E-state index contributed by atoms with van der Waals surface area (Å²) in [7, 11) is 4.89. The zero-order valence-electron chi connectivity index (χ0n) is 40.7. The molecule has 3 amide bonds. The van der Waals surface area contributed by atoms with Crippen LogP contribution in [-0.2, 0) is 0 Å². The number of aromatic nitrogens is 3. The van der Waals surface area contributed by atoms with Gasteiger partial charge in [-0.15, -0.1) is 0 Å². The van der Waals surface area contributed by atoms with Gasteiger partial charge in [0.15, 0.2) is 0 Å². The van der Waals surface area contributed by atoms with Crippen molar-refractivity contribution in [2.45, 2.75) is 0 Å². The Labute approximate surface area is 428 Å². The van der Waals surface area contributed by atoms with Crippen molar-refractivity contribution in [1.29, 1.82) is 0 Å². The highest BCUT2D eigenvalue weighted by Gasteiger charge is 2.25. The van der Waals surface area contributed by atoms with Crippen molar-refractivity contribution in [3.05, 3.63) is 217 Å². The van der Waals surface area contributed by atoms with Crippen molar-refractivity contribution < 1.29 is 27.6 Å². The van der Waals surface area contributed by atoms with Crippen LogP contribution in [0, 0.1) is 0 Å². The number of hydrogen-bond acceptors (Lipinski definition) is 9. The number of benzene rings is 7. The topological polar surface area (TPSA) is 139 Å². The molecule has 13 rings (SSSR count). The van der Waals surface area contributed by atoms with Crippen molar-refractivity contribution in [2.24, 2.45) is 0 Å². The number of amides is 3. The van der Waals surface area contributed by atoms with E-state index in [0.29, 0.717) is 34.1 Å². The normalized spacial score (nSPS) is 11.6. The SMILES string of the molecule is CN(C(=O)c1cc(C(=O)N(C)c2ccc(-c3cccc4c3oc3ccccc34)nc2)cc(C(=O)N(C)c2ccc(-c3cccc4c3oc3ccccc34)nc2)c1)c1ccc(-c2cccc3c2oc2ccccc23)nc1. The van der Waals surface area contributed by atoms with E-state index >= 15 is 0 Å². The van der Waals surface area contributed by atoms with Gasteiger partial charge < -0.3 is 28.0 Å². The van der Waals surface area contributed by atoms with Crippen LogP contribution >= 0.6 is 0 Å². The highest BCUT2D eigenvalue weighted by molar-refractivity contribution is 6.15. The van der Waals surface area contributed by atoms with Gasteiger partial charge in [-0.3, -0.25) is 29.3 Å². The summed E-state index contributed by atoms with van der Waals surface area (Å²) in [5, 5.41) is 5.97. The van der Waals surface area contributed by atoms with Gasteiger partial charge in [-0.1, -0.05) is 91.0 Å². The molecule has 0 spiro atoms. The number of fused-ring (bicyclic) bond motifs is 9. The van der Waals surface area contributed by atoms with Crippen LogP contribution in [0.2, 0.25) is 0 Å². The Hall–Kier alpha value is -10.2. The van der Waals surface area contributed by atoms with E-state index in [1.165, 1.54) is 32.9 Å². The molecule has 13 aromatic rings. The van der Waals surface area contributed by atoms with Gasteiger partial charge in [-0.25, -0.2) is 0 Å². The quantitative estimate of drug-likeness (QED) is 0.138. The molecule has 0 saturated carbocycles. The molecule has 6 aromatic heterocycles. The van der Waals surface area contributed by atoms with Crippen LogP contribution in [-0.4, -0.2) is 53.8 Å². The fourth-order valence-electron chi connectivity index (χ4n) is 10.0. The second-order valence-corrected chi connectivity index (χ2v) is 18.4. The summed E-state index contributed by atoms with van der Waals surface area (Å²) in [6, 6.07) is 57.0. The Morgan fingerprint density at radius 2 is 0.613 bits per heavy atom. The Kier molecular flexibility index (Phi) is 10.6. The van der Waals surface area contributed by atoms with Crippen LogP contribution in [0.15, 0.2) is 214 Å². The van der Waals surface area contributed by atoms with Crippen molar-refractivity contribution in [1.82, 2.24) is 15.0 Å². The average molecular weight is 979 g/mol. The van der Waals surface area contributed by atoms with Gasteiger partial charge in [-0.2, -0.15) is 0 Å². The minimum absolute atomic E-state index is 0.115. The zero-order valence-corrected chi connectivity index (χ0v) is 40.7. The number of nitrogens with zero attached hydrogens (tertiary/aromatic N) is 6. The molecule has 0 aliphatic rings. The fourth-order valence-corrected chi connectivity index (χ4v) is 10.0. The summed E-state index contributed by atoms with van der Waals surface area (Å²) in [6.07, 6.45) is 4.86. The number of rotatable bonds is 9. The third kappa shape index (κ3) is 7.62. The lowest BCUT2D eigenvalue weighted by molar-refractivity contribution is 0.0992. The Bertz CT molecular complexity index is 3960. The second-order valence-electron chi connectivity index (χ2n) is 18.4. The Morgan fingerprint density at radius 3 is 0.893 bits per heavy atom. The molecule has 0 aliphatic carbocycles. The van der Waals surface area contributed by atoms with Crippen LogP contribution in [0.5, 0.6) is 0 Å². The average Bonchev–Trinajstić information content (AvgIpc) is 4.18. The molecule has 0 fully saturated rings. The van der Waals surface area contributed by atoms with Crippen molar-refractivity contribution in [2.75, 3.05) is 35.8 Å². The van der Waals surface area contributed by atoms with Crippen molar-refractivity contribution in [3.63, 3.8) is 0 Å². The first-order valence-corrected chi connectivity index (χ1v) is 24.3. The molecular weight excluding hydrogens is 937 g/mol. The van der Waals surface area contributed by atoms with Crippen molar-refractivity contribution in [3.8, 4) is 33.8 Å². The molecule has 0 saturated heterocycles. The first kappa shape index (κ1) is 44.7. The molecule has 0 aliphatic heterocycles. The first-order valence-electron chi connectivity index (χ1n) is 24.3. The Morgan fingerprint density at radius 1 is 0.333 bits per heavy atom. The zero-order chi connectivity index (χ0) is 50.9. The van der Waals surface area contributed by atoms with E-state index in [0.717, 1.165) is 82.5 Å². The summed E-state index contributed by atoms with van der Waals surface area (Å²) in [5.74, 6) is -1.39. The first-order chi connectivity index (χ1) is 36.7. The largest absolute Gasteiger partial charge is 0.455 e. The van der Waals surface area contributed by atoms with Gasteiger partial charge >= 0.3 is 0 Å². The maximum Gasteiger partial charge on any atom is 0.258 e. The molecule has 0 radical (unpaired) electrons. The Balaban J connectivity index is 0.818.